The Kier molecular flexibility index (Phi) is 5.94. The molecule has 0 aliphatic carbocycles. The number of alkyl halides is 1. The summed E-state index contributed by atoms with van der Waals surface area (Å²) in [5.74, 6) is -0.538. The second kappa shape index (κ2) is 7.25. The molecule has 3 nitrogen and oxygen atoms in total. The first-order valence-electron chi connectivity index (χ1n) is 5.27. The second-order valence-electron chi connectivity index (χ2n) is 3.72. The van der Waals surface area contributed by atoms with Crippen molar-refractivity contribution in [3.8, 4) is 0 Å². The van der Waals surface area contributed by atoms with E-state index in [0.717, 1.165) is 6.42 Å². The van der Waals surface area contributed by atoms with Crippen molar-refractivity contribution in [3.05, 3.63) is 48.0 Å². The van der Waals surface area contributed by atoms with Gasteiger partial charge < -0.3 is 0 Å². The quantitative estimate of drug-likeness (QED) is 0.350. The normalized spacial score (nSPS) is 11.9. The number of hydrogen-bond acceptors (Lipinski definition) is 3. The van der Waals surface area contributed by atoms with Gasteiger partial charge in [-0.25, -0.2) is 4.79 Å². The van der Waals surface area contributed by atoms with Crippen LogP contribution in [0.4, 0.5) is 0 Å². The maximum atomic E-state index is 11.0. The summed E-state index contributed by atoms with van der Waals surface area (Å²) < 4.78 is 0. The van der Waals surface area contributed by atoms with Crippen molar-refractivity contribution in [1.29, 1.82) is 0 Å². The zero-order valence-electron chi connectivity index (χ0n) is 9.69. The van der Waals surface area contributed by atoms with Gasteiger partial charge in [0.15, 0.2) is 0 Å². The fraction of sp³-hybridized carbons (Fsp3) is 0.308. The minimum absolute atomic E-state index is 0.0998. The van der Waals surface area contributed by atoms with Gasteiger partial charge in [-0.1, -0.05) is 52.8 Å². The minimum Gasteiger partial charge on any atom is -0.293 e. The lowest BCUT2D eigenvalue weighted by atomic mass is 10.1. The molecule has 1 rings (SSSR count). The van der Waals surface area contributed by atoms with E-state index < -0.39 is 5.97 Å². The molecule has 0 aliphatic rings. The molecule has 0 bridgehead atoms. The number of rotatable bonds is 6. The smallest absolute Gasteiger partial charge is 0.293 e. The summed E-state index contributed by atoms with van der Waals surface area (Å²) in [6.07, 6.45) is 0.811. The third kappa shape index (κ3) is 5.65. The van der Waals surface area contributed by atoms with Gasteiger partial charge in [-0.05, 0) is 18.9 Å². The highest BCUT2D eigenvalue weighted by Gasteiger charge is 2.09. The van der Waals surface area contributed by atoms with E-state index >= 15 is 0 Å². The van der Waals surface area contributed by atoms with E-state index in [-0.39, 0.29) is 4.83 Å². The SMILES string of the molecule is C=C(C)C(=O)OOCC(Br)Cc1ccccc1. The van der Waals surface area contributed by atoms with Gasteiger partial charge in [0.1, 0.15) is 6.61 Å². The summed E-state index contributed by atoms with van der Waals surface area (Å²) in [6, 6.07) is 10.0. The van der Waals surface area contributed by atoms with Crippen LogP contribution in [0.2, 0.25) is 0 Å². The minimum atomic E-state index is -0.538. The molecule has 0 radical (unpaired) electrons. The van der Waals surface area contributed by atoms with Gasteiger partial charge >= 0.3 is 5.97 Å². The molecule has 17 heavy (non-hydrogen) atoms. The van der Waals surface area contributed by atoms with Crippen molar-refractivity contribution < 1.29 is 14.6 Å². The molecule has 92 valence electrons. The Hall–Kier alpha value is -1.13. The largest absolute Gasteiger partial charge is 0.368 e. The maximum absolute atomic E-state index is 11.0. The van der Waals surface area contributed by atoms with E-state index in [2.05, 4.69) is 27.4 Å². The number of carbonyl (C=O) groups is 1. The van der Waals surface area contributed by atoms with Crippen LogP contribution in [-0.4, -0.2) is 17.4 Å². The summed E-state index contributed by atoms with van der Waals surface area (Å²) in [5, 5.41) is 0. The molecule has 0 saturated heterocycles. The Morgan fingerprint density at radius 1 is 1.41 bits per heavy atom. The lowest BCUT2D eigenvalue weighted by Crippen LogP contribution is -2.15. The fourth-order valence-electron chi connectivity index (χ4n) is 1.16. The van der Waals surface area contributed by atoms with Crippen LogP contribution in [-0.2, 0) is 21.0 Å². The Morgan fingerprint density at radius 2 is 2.06 bits per heavy atom. The van der Waals surface area contributed by atoms with Crippen molar-refractivity contribution >= 4 is 21.9 Å². The van der Waals surface area contributed by atoms with Crippen LogP contribution in [0.3, 0.4) is 0 Å². The monoisotopic (exact) mass is 298 g/mol. The van der Waals surface area contributed by atoms with Crippen LogP contribution in [0.15, 0.2) is 42.5 Å². The molecule has 0 aromatic heterocycles. The molecule has 0 saturated carbocycles. The first-order chi connectivity index (χ1) is 8.09. The van der Waals surface area contributed by atoms with Crippen molar-refractivity contribution in [2.24, 2.45) is 0 Å². The van der Waals surface area contributed by atoms with E-state index in [0.29, 0.717) is 12.2 Å². The zero-order chi connectivity index (χ0) is 12.7. The van der Waals surface area contributed by atoms with E-state index in [1.165, 1.54) is 5.56 Å². The van der Waals surface area contributed by atoms with Gasteiger partial charge in [0.25, 0.3) is 0 Å². The zero-order valence-corrected chi connectivity index (χ0v) is 11.3. The summed E-state index contributed by atoms with van der Waals surface area (Å²) in [7, 11) is 0. The fourth-order valence-corrected chi connectivity index (χ4v) is 1.64. The van der Waals surface area contributed by atoms with Crippen LogP contribution in [0.25, 0.3) is 0 Å². The predicted molar refractivity (Wildman–Crippen MR) is 69.7 cm³/mol. The van der Waals surface area contributed by atoms with Crippen LogP contribution in [0.5, 0.6) is 0 Å². The second-order valence-corrected chi connectivity index (χ2v) is 5.02. The lowest BCUT2D eigenvalue weighted by molar-refractivity contribution is -0.267. The molecule has 1 aromatic carbocycles. The maximum Gasteiger partial charge on any atom is 0.368 e. The van der Waals surface area contributed by atoms with Crippen LogP contribution < -0.4 is 0 Å². The van der Waals surface area contributed by atoms with Crippen molar-refractivity contribution in [2.45, 2.75) is 18.2 Å². The van der Waals surface area contributed by atoms with Crippen molar-refractivity contribution in [1.82, 2.24) is 0 Å². The topological polar surface area (TPSA) is 35.5 Å². The Labute approximate surface area is 109 Å². The Morgan fingerprint density at radius 3 is 2.65 bits per heavy atom. The summed E-state index contributed by atoms with van der Waals surface area (Å²) in [4.78, 5) is 20.5. The van der Waals surface area contributed by atoms with Gasteiger partial charge in [0, 0.05) is 10.4 Å². The van der Waals surface area contributed by atoms with Crippen LogP contribution >= 0.6 is 15.9 Å². The molecule has 0 spiro atoms. The molecule has 0 amide bonds. The van der Waals surface area contributed by atoms with Gasteiger partial charge in [-0.2, -0.15) is 4.89 Å². The molecule has 0 N–H and O–H groups in total. The first-order valence-corrected chi connectivity index (χ1v) is 6.18. The van der Waals surface area contributed by atoms with E-state index in [1.807, 2.05) is 30.3 Å². The predicted octanol–water partition coefficient (Wildman–Crippen LogP) is 3.04. The average molecular weight is 299 g/mol. The molecular weight excluding hydrogens is 284 g/mol. The number of benzene rings is 1. The van der Waals surface area contributed by atoms with Crippen molar-refractivity contribution in [2.75, 3.05) is 6.61 Å². The lowest BCUT2D eigenvalue weighted by Gasteiger charge is -2.09. The summed E-state index contributed by atoms with van der Waals surface area (Å²) in [5.41, 5.74) is 1.52. The van der Waals surface area contributed by atoms with Crippen molar-refractivity contribution in [3.63, 3.8) is 0 Å². The highest BCUT2D eigenvalue weighted by molar-refractivity contribution is 9.09. The van der Waals surface area contributed by atoms with Gasteiger partial charge in [-0.15, -0.1) is 0 Å². The molecule has 0 aliphatic heterocycles. The Bertz CT molecular complexity index is 376. The first kappa shape index (κ1) is 13.9. The molecule has 1 atom stereocenters. The summed E-state index contributed by atoms with van der Waals surface area (Å²) >= 11 is 3.46. The molecule has 1 aromatic rings. The van der Waals surface area contributed by atoms with Gasteiger partial charge in [-0.3, -0.25) is 4.89 Å². The van der Waals surface area contributed by atoms with E-state index in [4.69, 9.17) is 4.89 Å². The molecular formula is C13H15BrO3. The molecule has 0 fully saturated rings. The molecule has 0 heterocycles. The molecule has 1 unspecified atom stereocenters. The van der Waals surface area contributed by atoms with Crippen LogP contribution in [0, 0.1) is 0 Å². The van der Waals surface area contributed by atoms with E-state index in [1.54, 1.807) is 6.92 Å². The van der Waals surface area contributed by atoms with Gasteiger partial charge in [0.05, 0.1) is 0 Å². The third-order valence-electron chi connectivity index (χ3n) is 2.03. The molecule has 4 heteroatoms. The third-order valence-corrected chi connectivity index (χ3v) is 2.62. The van der Waals surface area contributed by atoms with Crippen LogP contribution in [0.1, 0.15) is 12.5 Å². The highest BCUT2D eigenvalue weighted by atomic mass is 79.9. The van der Waals surface area contributed by atoms with Gasteiger partial charge in [0.2, 0.25) is 0 Å². The average Bonchev–Trinajstić information content (AvgIpc) is 2.30. The summed E-state index contributed by atoms with van der Waals surface area (Å²) in [6.45, 7) is 5.32. The van der Waals surface area contributed by atoms with E-state index in [9.17, 15) is 4.79 Å². The number of hydrogen-bond donors (Lipinski definition) is 0. The Balaban J connectivity index is 2.24. The number of halogens is 1. The number of carbonyl (C=O) groups excluding carboxylic acids is 1. The standard InChI is InChI=1S/C13H15BrO3/c1-10(2)13(15)17-16-9-12(14)8-11-6-4-3-5-7-11/h3-7,12H,1,8-9H2,2H3. The highest BCUT2D eigenvalue weighted by Crippen LogP contribution is 2.10.